The molecule has 1 aromatic heterocycles. The van der Waals surface area contributed by atoms with Crippen molar-refractivity contribution in [1.82, 2.24) is 14.7 Å². The standard InChI is InChI=1S/C21H19FN4O.ClH/c1-25(2)12-4-6-15-5-3-7-16(13-15)20(27)19-14-24-26(21(19)23)18-10-8-17(22)9-11-18;/h3,5,7-11,13-14H,12,23H2,1-2H3;1H/p-1. The summed E-state index contributed by atoms with van der Waals surface area (Å²) in [6.07, 6.45) is 1.42. The van der Waals surface area contributed by atoms with Crippen LogP contribution in [-0.4, -0.2) is 41.1 Å². The number of carbonyl (C=O) groups excluding carboxylic acids is 1. The lowest BCUT2D eigenvalue weighted by Gasteiger charge is -2.05. The molecule has 7 heteroatoms. The van der Waals surface area contributed by atoms with Crippen molar-refractivity contribution in [2.75, 3.05) is 26.4 Å². The minimum absolute atomic E-state index is 0. The summed E-state index contributed by atoms with van der Waals surface area (Å²) < 4.78 is 14.5. The number of anilines is 1. The Morgan fingerprint density at radius 2 is 1.93 bits per heavy atom. The highest BCUT2D eigenvalue weighted by Gasteiger charge is 2.18. The third-order valence-electron chi connectivity index (χ3n) is 3.88. The second kappa shape index (κ2) is 9.18. The van der Waals surface area contributed by atoms with Crippen molar-refractivity contribution in [2.24, 2.45) is 0 Å². The fourth-order valence-electron chi connectivity index (χ4n) is 2.51. The Hall–Kier alpha value is -3.14. The predicted molar refractivity (Wildman–Crippen MR) is 103 cm³/mol. The van der Waals surface area contributed by atoms with Crippen molar-refractivity contribution in [1.29, 1.82) is 0 Å². The van der Waals surface area contributed by atoms with Gasteiger partial charge in [-0.05, 0) is 50.5 Å². The van der Waals surface area contributed by atoms with Gasteiger partial charge in [0.05, 0.1) is 24.0 Å². The molecule has 5 nitrogen and oxygen atoms in total. The Morgan fingerprint density at radius 1 is 1.21 bits per heavy atom. The normalized spacial score (nSPS) is 10.1. The van der Waals surface area contributed by atoms with Crippen LogP contribution in [0.25, 0.3) is 5.69 Å². The Labute approximate surface area is 169 Å². The number of benzene rings is 2. The van der Waals surface area contributed by atoms with E-state index in [-0.39, 0.29) is 35.4 Å². The first-order valence-electron chi connectivity index (χ1n) is 8.33. The number of aromatic nitrogens is 2. The van der Waals surface area contributed by atoms with Crippen LogP contribution in [0.1, 0.15) is 21.5 Å². The number of nitrogen functional groups attached to an aromatic ring is 1. The van der Waals surface area contributed by atoms with E-state index in [0.717, 1.165) is 5.56 Å². The van der Waals surface area contributed by atoms with Gasteiger partial charge in [0.2, 0.25) is 0 Å². The molecule has 0 amide bonds. The molecule has 2 N–H and O–H groups in total. The molecule has 0 aliphatic carbocycles. The lowest BCUT2D eigenvalue weighted by atomic mass is 10.0. The highest BCUT2D eigenvalue weighted by molar-refractivity contribution is 6.11. The van der Waals surface area contributed by atoms with Gasteiger partial charge in [-0.15, -0.1) is 0 Å². The first kappa shape index (κ1) is 21.2. The molecule has 1 heterocycles. The van der Waals surface area contributed by atoms with Gasteiger partial charge in [0, 0.05) is 11.1 Å². The molecule has 0 aliphatic heterocycles. The van der Waals surface area contributed by atoms with Crippen molar-refractivity contribution < 1.29 is 21.6 Å². The molecule has 0 aliphatic rings. The highest BCUT2D eigenvalue weighted by atomic mass is 35.5. The van der Waals surface area contributed by atoms with Crippen LogP contribution < -0.4 is 18.1 Å². The molecule has 0 spiro atoms. The quantitative estimate of drug-likeness (QED) is 0.487. The van der Waals surface area contributed by atoms with Gasteiger partial charge in [0.25, 0.3) is 0 Å². The SMILES string of the molecule is CN(C)CC#Cc1cccc(C(=O)c2cnn(-c3ccc(F)cc3)c2N)c1.[Cl-]. The molecule has 0 saturated heterocycles. The fraction of sp³-hybridized carbons (Fsp3) is 0.143. The highest BCUT2D eigenvalue weighted by Crippen LogP contribution is 2.21. The molecule has 0 radical (unpaired) electrons. The van der Waals surface area contributed by atoms with Crippen molar-refractivity contribution in [2.45, 2.75) is 0 Å². The number of nitrogens with zero attached hydrogens (tertiary/aromatic N) is 3. The molecule has 28 heavy (non-hydrogen) atoms. The summed E-state index contributed by atoms with van der Waals surface area (Å²) in [5, 5.41) is 4.17. The molecular weight excluding hydrogens is 379 g/mol. The van der Waals surface area contributed by atoms with Gasteiger partial charge >= 0.3 is 0 Å². The van der Waals surface area contributed by atoms with E-state index < -0.39 is 0 Å². The number of halogens is 2. The van der Waals surface area contributed by atoms with Crippen LogP contribution in [0.15, 0.2) is 54.7 Å². The summed E-state index contributed by atoms with van der Waals surface area (Å²) in [7, 11) is 3.88. The van der Waals surface area contributed by atoms with E-state index in [1.54, 1.807) is 30.3 Å². The van der Waals surface area contributed by atoms with E-state index >= 15 is 0 Å². The van der Waals surface area contributed by atoms with E-state index in [1.165, 1.54) is 23.0 Å². The molecule has 144 valence electrons. The lowest BCUT2D eigenvalue weighted by molar-refractivity contribution is -0.0000135. The molecule has 3 rings (SSSR count). The first-order chi connectivity index (χ1) is 13.0. The predicted octanol–water partition coefficient (Wildman–Crippen LogP) is -0.258. The van der Waals surface area contributed by atoms with Crippen LogP contribution in [0.5, 0.6) is 0 Å². The molecular formula is C21H19ClFN4O-. The van der Waals surface area contributed by atoms with Gasteiger partial charge in [0.15, 0.2) is 5.78 Å². The zero-order chi connectivity index (χ0) is 19.4. The second-order valence-electron chi connectivity index (χ2n) is 6.28. The van der Waals surface area contributed by atoms with Gasteiger partial charge in [-0.25, -0.2) is 9.07 Å². The summed E-state index contributed by atoms with van der Waals surface area (Å²) in [6, 6.07) is 12.8. The Balaban J connectivity index is 0.00000280. The van der Waals surface area contributed by atoms with Crippen LogP contribution in [0.2, 0.25) is 0 Å². The number of nitrogens with two attached hydrogens (primary N) is 1. The van der Waals surface area contributed by atoms with E-state index in [9.17, 15) is 9.18 Å². The van der Waals surface area contributed by atoms with Gasteiger partial charge in [0.1, 0.15) is 11.6 Å². The maximum Gasteiger partial charge on any atom is 0.198 e. The fourth-order valence-corrected chi connectivity index (χ4v) is 2.51. The lowest BCUT2D eigenvalue weighted by Crippen LogP contribution is -3.00. The van der Waals surface area contributed by atoms with Gasteiger partial charge < -0.3 is 18.1 Å². The Morgan fingerprint density at radius 3 is 2.61 bits per heavy atom. The van der Waals surface area contributed by atoms with Gasteiger partial charge in [-0.1, -0.05) is 24.0 Å². The van der Waals surface area contributed by atoms with Gasteiger partial charge in [-0.3, -0.25) is 9.69 Å². The molecule has 2 aromatic carbocycles. The number of hydrogen-bond acceptors (Lipinski definition) is 4. The minimum atomic E-state index is -0.354. The van der Waals surface area contributed by atoms with E-state index in [2.05, 4.69) is 16.9 Å². The summed E-state index contributed by atoms with van der Waals surface area (Å²) in [4.78, 5) is 14.8. The number of carbonyl (C=O) groups is 1. The zero-order valence-corrected chi connectivity index (χ0v) is 16.2. The van der Waals surface area contributed by atoms with Gasteiger partial charge in [-0.2, -0.15) is 5.10 Å². The smallest absolute Gasteiger partial charge is 0.198 e. The number of hydrogen-bond donors (Lipinski definition) is 1. The molecule has 0 bridgehead atoms. The molecule has 0 atom stereocenters. The van der Waals surface area contributed by atoms with Crippen LogP contribution in [0, 0.1) is 17.7 Å². The Kier molecular flexibility index (Phi) is 6.94. The summed E-state index contributed by atoms with van der Waals surface area (Å²) in [6.45, 7) is 0.634. The molecule has 3 aromatic rings. The first-order valence-corrected chi connectivity index (χ1v) is 8.33. The van der Waals surface area contributed by atoms with E-state index in [0.29, 0.717) is 17.8 Å². The number of ketones is 1. The van der Waals surface area contributed by atoms with Crippen molar-refractivity contribution in [3.05, 3.63) is 77.2 Å². The monoisotopic (exact) mass is 397 g/mol. The average Bonchev–Trinajstić information content (AvgIpc) is 3.03. The van der Waals surface area contributed by atoms with Crippen LogP contribution in [0.4, 0.5) is 10.2 Å². The van der Waals surface area contributed by atoms with Crippen LogP contribution in [-0.2, 0) is 0 Å². The maximum absolute atomic E-state index is 13.1. The van der Waals surface area contributed by atoms with E-state index in [1.807, 2.05) is 25.1 Å². The average molecular weight is 398 g/mol. The van der Waals surface area contributed by atoms with Crippen molar-refractivity contribution in [3.63, 3.8) is 0 Å². The zero-order valence-electron chi connectivity index (χ0n) is 15.5. The molecule has 0 saturated carbocycles. The second-order valence-corrected chi connectivity index (χ2v) is 6.28. The third-order valence-corrected chi connectivity index (χ3v) is 3.88. The molecule has 0 unspecified atom stereocenters. The third kappa shape index (κ3) is 4.77. The Bertz CT molecular complexity index is 1030. The minimum Gasteiger partial charge on any atom is -1.00 e. The summed E-state index contributed by atoms with van der Waals surface area (Å²) in [5.41, 5.74) is 8.23. The van der Waals surface area contributed by atoms with Crippen molar-refractivity contribution in [3.8, 4) is 17.5 Å². The van der Waals surface area contributed by atoms with Crippen LogP contribution >= 0.6 is 0 Å². The maximum atomic E-state index is 13.1. The topological polar surface area (TPSA) is 64.2 Å². The summed E-state index contributed by atoms with van der Waals surface area (Å²) in [5.74, 6) is 5.70. The van der Waals surface area contributed by atoms with Crippen molar-refractivity contribution >= 4 is 11.6 Å². The largest absolute Gasteiger partial charge is 1.00 e. The van der Waals surface area contributed by atoms with E-state index in [4.69, 9.17) is 5.73 Å². The molecule has 0 fully saturated rings. The summed E-state index contributed by atoms with van der Waals surface area (Å²) >= 11 is 0. The van der Waals surface area contributed by atoms with Crippen LogP contribution in [0.3, 0.4) is 0 Å². The number of rotatable bonds is 4.